The minimum absolute atomic E-state index is 0.437. The summed E-state index contributed by atoms with van der Waals surface area (Å²) in [5.41, 5.74) is 0.629. The zero-order valence-corrected chi connectivity index (χ0v) is 16.3. The van der Waals surface area contributed by atoms with Gasteiger partial charge in [0.05, 0.1) is 11.1 Å². The van der Waals surface area contributed by atoms with Gasteiger partial charge >= 0.3 is 11.9 Å². The minimum atomic E-state index is -1.02. The number of carbonyl (C=O) groups is 2. The van der Waals surface area contributed by atoms with E-state index in [1.165, 1.54) is 0 Å². The Morgan fingerprint density at radius 3 is 1.27 bits per heavy atom. The molecule has 4 nitrogen and oxygen atoms in total. The summed E-state index contributed by atoms with van der Waals surface area (Å²) in [6.07, 6.45) is 0. The van der Waals surface area contributed by atoms with E-state index in [9.17, 15) is 9.59 Å². The molecule has 0 saturated carbocycles. The molecule has 0 fully saturated rings. The van der Waals surface area contributed by atoms with Crippen LogP contribution in [0.25, 0.3) is 0 Å². The predicted octanol–water partition coefficient (Wildman–Crippen LogP) is 4.87. The van der Waals surface area contributed by atoms with E-state index in [-0.39, 0.29) is 0 Å². The second kappa shape index (κ2) is 7.32. The van der Waals surface area contributed by atoms with Crippen LogP contribution in [0.5, 0.6) is 0 Å². The molecule has 26 heavy (non-hydrogen) atoms. The molecule has 0 atom stereocenters. The van der Waals surface area contributed by atoms with Crippen LogP contribution in [0.1, 0.15) is 59.5 Å². The Morgan fingerprint density at radius 2 is 0.962 bits per heavy atom. The molecule has 2 rings (SSSR count). The van der Waals surface area contributed by atoms with E-state index in [1.54, 1.807) is 52.0 Å². The van der Waals surface area contributed by atoms with Crippen LogP contribution in [0, 0.1) is 13.8 Å². The first kappa shape index (κ1) is 19.7. The lowest BCUT2D eigenvalue weighted by atomic mass is 9.88. The first-order valence-electron chi connectivity index (χ1n) is 8.63. The van der Waals surface area contributed by atoms with E-state index in [1.807, 2.05) is 38.1 Å². The van der Waals surface area contributed by atoms with Crippen LogP contribution in [-0.2, 0) is 9.47 Å². The van der Waals surface area contributed by atoms with Gasteiger partial charge in [0.25, 0.3) is 0 Å². The highest BCUT2D eigenvalue weighted by Crippen LogP contribution is 2.31. The van der Waals surface area contributed by atoms with E-state index < -0.39 is 23.1 Å². The third-order valence-corrected chi connectivity index (χ3v) is 4.88. The van der Waals surface area contributed by atoms with Crippen LogP contribution < -0.4 is 0 Å². The summed E-state index contributed by atoms with van der Waals surface area (Å²) in [4.78, 5) is 25.1. The number of ether oxygens (including phenoxy) is 2. The predicted molar refractivity (Wildman–Crippen MR) is 101 cm³/mol. The van der Waals surface area contributed by atoms with Gasteiger partial charge < -0.3 is 9.47 Å². The zero-order valence-electron chi connectivity index (χ0n) is 16.3. The Bertz CT molecular complexity index is 749. The smallest absolute Gasteiger partial charge is 0.339 e. The average Bonchev–Trinajstić information content (AvgIpc) is 2.54. The highest BCUT2D eigenvalue weighted by atomic mass is 16.6. The van der Waals surface area contributed by atoms with Gasteiger partial charge in [0, 0.05) is 0 Å². The average molecular weight is 354 g/mol. The van der Waals surface area contributed by atoms with Crippen LogP contribution in [0.15, 0.2) is 48.5 Å². The number of aryl methyl sites for hydroxylation is 2. The van der Waals surface area contributed by atoms with Crippen molar-refractivity contribution >= 4 is 11.9 Å². The Morgan fingerprint density at radius 1 is 0.654 bits per heavy atom. The fourth-order valence-electron chi connectivity index (χ4n) is 2.42. The van der Waals surface area contributed by atoms with E-state index in [0.717, 1.165) is 11.1 Å². The van der Waals surface area contributed by atoms with Crippen LogP contribution in [-0.4, -0.2) is 23.1 Å². The molecule has 2 aromatic rings. The third-order valence-electron chi connectivity index (χ3n) is 4.88. The Hall–Kier alpha value is -2.62. The summed E-state index contributed by atoms with van der Waals surface area (Å²) < 4.78 is 11.4. The summed E-state index contributed by atoms with van der Waals surface area (Å²) in [5, 5.41) is 0. The molecule has 0 N–H and O–H groups in total. The number of carbonyl (C=O) groups excluding carboxylic acids is 2. The van der Waals surface area contributed by atoms with Gasteiger partial charge in [-0.15, -0.1) is 0 Å². The highest BCUT2D eigenvalue weighted by Gasteiger charge is 2.44. The molecule has 0 amide bonds. The van der Waals surface area contributed by atoms with Crippen LogP contribution in [0.2, 0.25) is 0 Å². The number of hydrogen-bond donors (Lipinski definition) is 0. The normalized spacial score (nSPS) is 11.8. The number of rotatable bonds is 5. The van der Waals surface area contributed by atoms with E-state index in [2.05, 4.69) is 0 Å². The van der Waals surface area contributed by atoms with Crippen LogP contribution in [0.4, 0.5) is 0 Å². The van der Waals surface area contributed by atoms with Crippen molar-refractivity contribution in [3.8, 4) is 0 Å². The van der Waals surface area contributed by atoms with E-state index in [0.29, 0.717) is 11.1 Å². The largest absolute Gasteiger partial charge is 0.452 e. The second-order valence-electron chi connectivity index (χ2n) is 7.43. The Balaban J connectivity index is 2.18. The monoisotopic (exact) mass is 354 g/mol. The van der Waals surface area contributed by atoms with Crippen molar-refractivity contribution in [2.24, 2.45) is 0 Å². The number of benzene rings is 2. The van der Waals surface area contributed by atoms with Gasteiger partial charge in [0.2, 0.25) is 0 Å². The van der Waals surface area contributed by atoms with Crippen molar-refractivity contribution in [1.29, 1.82) is 0 Å². The molecule has 0 radical (unpaired) electrons. The number of esters is 2. The molecule has 0 unspecified atom stereocenters. The van der Waals surface area contributed by atoms with E-state index >= 15 is 0 Å². The molecule has 0 aromatic heterocycles. The summed E-state index contributed by atoms with van der Waals surface area (Å²) in [7, 11) is 0. The van der Waals surface area contributed by atoms with Crippen molar-refractivity contribution in [2.75, 3.05) is 0 Å². The molecule has 0 spiro atoms. The molecule has 0 aliphatic heterocycles. The zero-order chi connectivity index (χ0) is 19.5. The van der Waals surface area contributed by atoms with Crippen LogP contribution >= 0.6 is 0 Å². The summed E-state index contributed by atoms with van der Waals surface area (Å²) in [5.74, 6) is -0.874. The van der Waals surface area contributed by atoms with Gasteiger partial charge in [-0.05, 0) is 64.8 Å². The summed E-state index contributed by atoms with van der Waals surface area (Å²) in [6, 6.07) is 14.5. The van der Waals surface area contributed by atoms with Crippen molar-refractivity contribution in [3.05, 3.63) is 70.8 Å². The molecule has 0 saturated heterocycles. The fraction of sp³-hybridized carbons (Fsp3) is 0.364. The quantitative estimate of drug-likeness (QED) is 0.719. The third kappa shape index (κ3) is 4.13. The molecule has 0 aliphatic rings. The fourth-order valence-corrected chi connectivity index (χ4v) is 2.42. The molecule has 0 heterocycles. The first-order chi connectivity index (χ1) is 12.0. The minimum Gasteiger partial charge on any atom is -0.452 e. The van der Waals surface area contributed by atoms with Crippen molar-refractivity contribution in [1.82, 2.24) is 0 Å². The lowest BCUT2D eigenvalue weighted by molar-refractivity contribution is -0.124. The first-order valence-corrected chi connectivity index (χ1v) is 8.63. The van der Waals surface area contributed by atoms with Crippen molar-refractivity contribution in [3.63, 3.8) is 0 Å². The summed E-state index contributed by atoms with van der Waals surface area (Å²) >= 11 is 0. The van der Waals surface area contributed by atoms with Gasteiger partial charge in [0.1, 0.15) is 11.2 Å². The maximum absolute atomic E-state index is 12.6. The van der Waals surface area contributed by atoms with Crippen molar-refractivity contribution in [2.45, 2.75) is 52.7 Å². The molecular weight excluding hydrogens is 328 g/mol. The topological polar surface area (TPSA) is 52.6 Å². The van der Waals surface area contributed by atoms with Crippen LogP contribution in [0.3, 0.4) is 0 Å². The Labute approximate surface area is 155 Å². The van der Waals surface area contributed by atoms with Gasteiger partial charge in [-0.1, -0.05) is 36.4 Å². The van der Waals surface area contributed by atoms with Gasteiger partial charge in [-0.2, -0.15) is 0 Å². The lowest BCUT2D eigenvalue weighted by Gasteiger charge is -2.40. The molecule has 138 valence electrons. The molecule has 0 bridgehead atoms. The van der Waals surface area contributed by atoms with E-state index in [4.69, 9.17) is 9.47 Å². The molecule has 0 aliphatic carbocycles. The maximum atomic E-state index is 12.6. The SMILES string of the molecule is Cc1ccccc1C(=O)OC(C)(C)C(C)(C)OC(=O)c1ccccc1C. The highest BCUT2D eigenvalue weighted by molar-refractivity contribution is 5.92. The summed E-state index contributed by atoms with van der Waals surface area (Å²) in [6.45, 7) is 10.7. The van der Waals surface area contributed by atoms with Crippen molar-refractivity contribution < 1.29 is 19.1 Å². The van der Waals surface area contributed by atoms with Gasteiger partial charge in [0.15, 0.2) is 0 Å². The standard InChI is InChI=1S/C22H26O4/c1-15-11-7-9-13-17(15)19(23)25-21(3,4)22(5,6)26-20(24)18-14-10-8-12-16(18)2/h7-14H,1-6H3. The van der Waals surface area contributed by atoms with Gasteiger partial charge in [-0.3, -0.25) is 0 Å². The molecular formula is C22H26O4. The van der Waals surface area contributed by atoms with Gasteiger partial charge in [-0.25, -0.2) is 9.59 Å². The second-order valence-corrected chi connectivity index (χ2v) is 7.43. The Kier molecular flexibility index (Phi) is 5.55. The number of hydrogen-bond acceptors (Lipinski definition) is 4. The lowest BCUT2D eigenvalue weighted by Crippen LogP contribution is -2.51. The maximum Gasteiger partial charge on any atom is 0.339 e. The molecule has 2 aromatic carbocycles. The molecule has 4 heteroatoms.